The number of thiophene rings is 1. The zero-order valence-electron chi connectivity index (χ0n) is 9.45. The van der Waals surface area contributed by atoms with E-state index in [0.717, 1.165) is 0 Å². The third-order valence-corrected chi connectivity index (χ3v) is 3.50. The second-order valence-corrected chi connectivity index (χ2v) is 5.73. The molecule has 1 heteroatoms. The van der Waals surface area contributed by atoms with E-state index in [1.54, 1.807) is 0 Å². The lowest BCUT2D eigenvalue weighted by atomic mass is 9.89. The summed E-state index contributed by atoms with van der Waals surface area (Å²) in [6.07, 6.45) is 0. The molecule has 1 aromatic carbocycles. The van der Waals surface area contributed by atoms with Crippen LogP contribution in [-0.4, -0.2) is 0 Å². The first-order chi connectivity index (χ1) is 7.07. The molecule has 2 rings (SSSR count). The van der Waals surface area contributed by atoms with Crippen molar-refractivity contribution in [2.75, 3.05) is 0 Å². The summed E-state index contributed by atoms with van der Waals surface area (Å²) in [7, 11) is 0. The molecule has 0 radical (unpaired) electrons. The van der Waals surface area contributed by atoms with Gasteiger partial charge in [0, 0.05) is 4.88 Å². The molecule has 0 unspecified atom stereocenters. The summed E-state index contributed by atoms with van der Waals surface area (Å²) in [4.78, 5) is 1.36. The van der Waals surface area contributed by atoms with Gasteiger partial charge in [-0.25, -0.2) is 0 Å². The van der Waals surface area contributed by atoms with Gasteiger partial charge in [-0.05, 0) is 28.0 Å². The second kappa shape index (κ2) is 3.82. The largest absolute Gasteiger partial charge is 0.144 e. The van der Waals surface area contributed by atoms with Crippen LogP contribution in [0.3, 0.4) is 0 Å². The molecule has 0 saturated heterocycles. The average molecular weight is 216 g/mol. The first-order valence-corrected chi connectivity index (χ1v) is 6.10. The van der Waals surface area contributed by atoms with Crippen molar-refractivity contribution in [2.45, 2.75) is 26.2 Å². The summed E-state index contributed by atoms with van der Waals surface area (Å²) in [6.45, 7) is 6.76. The van der Waals surface area contributed by atoms with Crippen LogP contribution in [0.5, 0.6) is 0 Å². The number of hydrogen-bond donors (Lipinski definition) is 0. The molecule has 0 fully saturated rings. The van der Waals surface area contributed by atoms with Crippen LogP contribution in [0.1, 0.15) is 26.3 Å². The zero-order chi connectivity index (χ0) is 10.9. The van der Waals surface area contributed by atoms with E-state index in [9.17, 15) is 0 Å². The Morgan fingerprint density at radius 2 is 1.67 bits per heavy atom. The molecule has 1 heterocycles. The molecule has 1 aromatic heterocycles. The lowest BCUT2D eigenvalue weighted by molar-refractivity contribution is 0.593. The van der Waals surface area contributed by atoms with Gasteiger partial charge in [-0.1, -0.05) is 51.1 Å². The Labute approximate surface area is 95.6 Å². The Morgan fingerprint density at radius 3 is 2.20 bits per heavy atom. The lowest BCUT2D eigenvalue weighted by Crippen LogP contribution is -2.08. The van der Waals surface area contributed by atoms with Crippen LogP contribution in [0, 0.1) is 0 Å². The van der Waals surface area contributed by atoms with E-state index >= 15 is 0 Å². The Bertz CT molecular complexity index is 432. The molecular formula is C14H16S. The first-order valence-electron chi connectivity index (χ1n) is 5.22. The number of rotatable bonds is 1. The summed E-state index contributed by atoms with van der Waals surface area (Å²) in [6, 6.07) is 12.9. The minimum absolute atomic E-state index is 0.254. The average Bonchev–Trinajstić information content (AvgIpc) is 2.67. The van der Waals surface area contributed by atoms with Gasteiger partial charge in [-0.15, -0.1) is 11.3 Å². The molecule has 0 N–H and O–H groups in total. The van der Waals surface area contributed by atoms with Crippen LogP contribution in [0.2, 0.25) is 0 Å². The molecule has 0 aliphatic carbocycles. The van der Waals surface area contributed by atoms with E-state index in [4.69, 9.17) is 0 Å². The summed E-state index contributed by atoms with van der Waals surface area (Å²) >= 11 is 1.83. The molecule has 0 atom stereocenters. The van der Waals surface area contributed by atoms with E-state index in [0.29, 0.717) is 0 Å². The fourth-order valence-corrected chi connectivity index (χ4v) is 2.63. The van der Waals surface area contributed by atoms with Crippen molar-refractivity contribution in [3.63, 3.8) is 0 Å². The molecule has 78 valence electrons. The van der Waals surface area contributed by atoms with Crippen LogP contribution in [-0.2, 0) is 5.41 Å². The maximum absolute atomic E-state index is 2.31. The molecule has 0 bridgehead atoms. The van der Waals surface area contributed by atoms with Gasteiger partial charge in [0.05, 0.1) is 0 Å². The van der Waals surface area contributed by atoms with E-state index in [2.05, 4.69) is 62.5 Å². The molecule has 0 saturated carbocycles. The number of hydrogen-bond acceptors (Lipinski definition) is 1. The van der Waals surface area contributed by atoms with Gasteiger partial charge in [0.1, 0.15) is 0 Å². The third kappa shape index (κ3) is 2.29. The van der Waals surface area contributed by atoms with Crippen molar-refractivity contribution in [3.8, 4) is 10.4 Å². The molecule has 0 amide bonds. The highest BCUT2D eigenvalue weighted by Gasteiger charge is 2.15. The van der Waals surface area contributed by atoms with E-state index in [-0.39, 0.29) is 5.41 Å². The molecule has 15 heavy (non-hydrogen) atoms. The fraction of sp³-hybridized carbons (Fsp3) is 0.286. The smallest absolute Gasteiger partial charge is 0.0345 e. The summed E-state index contributed by atoms with van der Waals surface area (Å²) in [5.74, 6) is 0. The van der Waals surface area contributed by atoms with Crippen molar-refractivity contribution in [1.82, 2.24) is 0 Å². The first kappa shape index (κ1) is 10.4. The van der Waals surface area contributed by atoms with Crippen molar-refractivity contribution in [3.05, 3.63) is 47.3 Å². The van der Waals surface area contributed by atoms with Gasteiger partial charge in [0.25, 0.3) is 0 Å². The van der Waals surface area contributed by atoms with Crippen LogP contribution in [0.25, 0.3) is 10.4 Å². The van der Waals surface area contributed by atoms with Crippen molar-refractivity contribution in [2.24, 2.45) is 0 Å². The van der Waals surface area contributed by atoms with Crippen molar-refractivity contribution >= 4 is 11.3 Å². The van der Waals surface area contributed by atoms with E-state index in [1.807, 2.05) is 11.3 Å². The quantitative estimate of drug-likeness (QED) is 0.647. The van der Waals surface area contributed by atoms with Crippen LogP contribution >= 0.6 is 11.3 Å². The molecule has 0 aliphatic heterocycles. The minimum atomic E-state index is 0.254. The molecule has 0 nitrogen and oxygen atoms in total. The van der Waals surface area contributed by atoms with E-state index in [1.165, 1.54) is 16.0 Å². The zero-order valence-corrected chi connectivity index (χ0v) is 10.3. The van der Waals surface area contributed by atoms with Gasteiger partial charge in [0.2, 0.25) is 0 Å². The highest BCUT2D eigenvalue weighted by atomic mass is 32.1. The normalized spacial score (nSPS) is 11.7. The predicted molar refractivity (Wildman–Crippen MR) is 68.5 cm³/mol. The molecule has 0 aliphatic rings. The summed E-state index contributed by atoms with van der Waals surface area (Å²) < 4.78 is 0. The summed E-state index contributed by atoms with van der Waals surface area (Å²) in [5.41, 5.74) is 2.99. The Morgan fingerprint density at radius 1 is 1.00 bits per heavy atom. The van der Waals surface area contributed by atoms with Gasteiger partial charge in [0.15, 0.2) is 0 Å². The lowest BCUT2D eigenvalue weighted by Gasteiger charge is -2.15. The predicted octanol–water partition coefficient (Wildman–Crippen LogP) is 4.71. The van der Waals surface area contributed by atoms with E-state index < -0.39 is 0 Å². The van der Waals surface area contributed by atoms with Crippen LogP contribution in [0.15, 0.2) is 41.8 Å². The maximum Gasteiger partial charge on any atom is 0.0345 e. The highest BCUT2D eigenvalue weighted by Crippen LogP contribution is 2.32. The fourth-order valence-electron chi connectivity index (χ4n) is 1.48. The van der Waals surface area contributed by atoms with Crippen molar-refractivity contribution in [1.29, 1.82) is 0 Å². The monoisotopic (exact) mass is 216 g/mol. The Hall–Kier alpha value is -1.08. The minimum Gasteiger partial charge on any atom is -0.144 e. The standard InChI is InChI=1S/C14H16S/c1-14(2,3)12-9-13(15-10-12)11-7-5-4-6-8-11/h4-10H,1-3H3. The molecule has 0 spiro atoms. The third-order valence-electron chi connectivity index (χ3n) is 2.52. The van der Waals surface area contributed by atoms with Crippen molar-refractivity contribution < 1.29 is 0 Å². The molecule has 2 aromatic rings. The van der Waals surface area contributed by atoms with Gasteiger partial charge < -0.3 is 0 Å². The van der Waals surface area contributed by atoms with Gasteiger partial charge >= 0.3 is 0 Å². The van der Waals surface area contributed by atoms with Crippen LogP contribution in [0.4, 0.5) is 0 Å². The highest BCUT2D eigenvalue weighted by molar-refractivity contribution is 7.13. The summed E-state index contributed by atoms with van der Waals surface area (Å²) in [5, 5.41) is 2.27. The Kier molecular flexibility index (Phi) is 2.66. The topological polar surface area (TPSA) is 0 Å². The Balaban J connectivity index is 2.37. The van der Waals surface area contributed by atoms with Crippen LogP contribution < -0.4 is 0 Å². The maximum atomic E-state index is 2.31. The van der Waals surface area contributed by atoms with Gasteiger partial charge in [-0.2, -0.15) is 0 Å². The SMILES string of the molecule is CC(C)(C)c1csc(-c2ccccc2)c1. The molecular weight excluding hydrogens is 200 g/mol. The second-order valence-electron chi connectivity index (χ2n) is 4.82. The number of benzene rings is 1. The van der Waals surface area contributed by atoms with Gasteiger partial charge in [-0.3, -0.25) is 0 Å².